The molecule has 0 unspecified atom stereocenters. The van der Waals surface area contributed by atoms with Crippen molar-refractivity contribution in [3.63, 3.8) is 0 Å². The fraction of sp³-hybridized carbons (Fsp3) is 0.444. The molecule has 0 aromatic heterocycles. The summed E-state index contributed by atoms with van der Waals surface area (Å²) in [5.41, 5.74) is 0.707. The normalized spacial score (nSPS) is 24.6. The topological polar surface area (TPSA) is 37.3 Å². The molecule has 0 bridgehead atoms. The molecule has 0 heterocycles. The molecule has 2 nitrogen and oxygen atoms in total. The summed E-state index contributed by atoms with van der Waals surface area (Å²) in [6, 6.07) is 0. The van der Waals surface area contributed by atoms with E-state index in [9.17, 15) is 4.79 Å². The molecule has 0 saturated carbocycles. The molecule has 0 aromatic rings. The van der Waals surface area contributed by atoms with E-state index in [4.69, 9.17) is 5.11 Å². The number of carbonyl (C=O) groups is 1. The molecule has 60 valence electrons. The Hall–Kier alpha value is -0.890. The van der Waals surface area contributed by atoms with Crippen LogP contribution in [0.25, 0.3) is 0 Å². The maximum Gasteiger partial charge on any atom is 0.159 e. The number of allylic oxidation sites excluding steroid dienone is 2. The smallest absolute Gasteiger partial charge is 0.159 e. The van der Waals surface area contributed by atoms with Crippen LogP contribution in [-0.4, -0.2) is 17.0 Å². The first-order valence-corrected chi connectivity index (χ1v) is 3.77. The fourth-order valence-electron chi connectivity index (χ4n) is 1.19. The van der Waals surface area contributed by atoms with Gasteiger partial charge in [0.2, 0.25) is 0 Å². The van der Waals surface area contributed by atoms with E-state index in [-0.39, 0.29) is 5.78 Å². The molecule has 0 aliphatic heterocycles. The number of hydrogen-bond acceptors (Lipinski definition) is 2. The molecule has 0 saturated heterocycles. The van der Waals surface area contributed by atoms with Crippen molar-refractivity contribution in [2.45, 2.75) is 25.4 Å². The second kappa shape index (κ2) is 3.49. The van der Waals surface area contributed by atoms with Crippen LogP contribution in [-0.2, 0) is 4.79 Å². The maximum absolute atomic E-state index is 11.1. The number of aliphatic hydroxyl groups is 1. The zero-order chi connectivity index (χ0) is 8.27. The molecule has 0 spiro atoms. The van der Waals surface area contributed by atoms with E-state index in [2.05, 4.69) is 6.58 Å². The largest absolute Gasteiger partial charge is 0.389 e. The summed E-state index contributed by atoms with van der Waals surface area (Å²) < 4.78 is 0. The van der Waals surface area contributed by atoms with Crippen molar-refractivity contribution in [1.82, 2.24) is 0 Å². The quantitative estimate of drug-likeness (QED) is 0.604. The summed E-state index contributed by atoms with van der Waals surface area (Å²) in [5.74, 6) is 0.148. The Labute approximate surface area is 66.2 Å². The summed E-state index contributed by atoms with van der Waals surface area (Å²) in [7, 11) is 0. The third kappa shape index (κ3) is 2.02. The van der Waals surface area contributed by atoms with Crippen LogP contribution < -0.4 is 0 Å². The van der Waals surface area contributed by atoms with E-state index in [1.165, 1.54) is 0 Å². The Morgan fingerprint density at radius 3 is 3.18 bits per heavy atom. The van der Waals surface area contributed by atoms with Gasteiger partial charge in [0.1, 0.15) is 0 Å². The summed E-state index contributed by atoms with van der Waals surface area (Å²) in [6.07, 6.45) is 4.51. The maximum atomic E-state index is 11.1. The Kier molecular flexibility index (Phi) is 2.60. The molecule has 0 fully saturated rings. The molecular formula is C9H12O2. The van der Waals surface area contributed by atoms with Gasteiger partial charge in [-0.3, -0.25) is 4.79 Å². The van der Waals surface area contributed by atoms with Gasteiger partial charge >= 0.3 is 0 Å². The Balaban J connectivity index is 2.70. The van der Waals surface area contributed by atoms with Crippen molar-refractivity contribution in [1.29, 1.82) is 0 Å². The molecule has 2 heteroatoms. The van der Waals surface area contributed by atoms with Gasteiger partial charge in [-0.2, -0.15) is 0 Å². The lowest BCUT2D eigenvalue weighted by atomic mass is 9.94. The second-order valence-electron chi connectivity index (χ2n) is 2.71. The molecule has 0 aromatic carbocycles. The zero-order valence-electron chi connectivity index (χ0n) is 6.42. The summed E-state index contributed by atoms with van der Waals surface area (Å²) in [6.45, 7) is 3.54. The van der Waals surface area contributed by atoms with E-state index in [1.807, 2.05) is 0 Å². The first-order chi connectivity index (χ1) is 5.24. The molecule has 1 N–H and O–H groups in total. The summed E-state index contributed by atoms with van der Waals surface area (Å²) in [4.78, 5) is 11.1. The van der Waals surface area contributed by atoms with Crippen LogP contribution in [0.4, 0.5) is 0 Å². The van der Waals surface area contributed by atoms with Crippen molar-refractivity contribution in [3.05, 3.63) is 24.3 Å². The van der Waals surface area contributed by atoms with E-state index >= 15 is 0 Å². The molecule has 1 rings (SSSR count). The minimum Gasteiger partial charge on any atom is -0.389 e. The number of aliphatic hydroxyl groups excluding tert-OH is 1. The molecule has 1 atom stereocenters. The van der Waals surface area contributed by atoms with Crippen LogP contribution in [0.1, 0.15) is 19.3 Å². The minimum absolute atomic E-state index is 0.148. The number of ketones is 1. The Bertz CT molecular complexity index is 204. The van der Waals surface area contributed by atoms with Gasteiger partial charge < -0.3 is 5.11 Å². The summed E-state index contributed by atoms with van der Waals surface area (Å²) in [5, 5.41) is 9.16. The highest BCUT2D eigenvalue weighted by Gasteiger charge is 2.16. The fourth-order valence-corrected chi connectivity index (χ4v) is 1.19. The van der Waals surface area contributed by atoms with Crippen LogP contribution in [0, 0.1) is 0 Å². The Morgan fingerprint density at radius 1 is 1.82 bits per heavy atom. The van der Waals surface area contributed by atoms with E-state index in [0.717, 1.165) is 0 Å². The van der Waals surface area contributed by atoms with Crippen molar-refractivity contribution >= 4 is 5.78 Å². The van der Waals surface area contributed by atoms with Crippen molar-refractivity contribution < 1.29 is 9.90 Å². The average Bonchev–Trinajstić information content (AvgIpc) is 1.98. The van der Waals surface area contributed by atoms with E-state index in [1.54, 1.807) is 12.2 Å². The molecular weight excluding hydrogens is 140 g/mol. The van der Waals surface area contributed by atoms with Crippen LogP contribution in [0.3, 0.4) is 0 Å². The number of carbonyl (C=O) groups excluding carboxylic acids is 1. The Morgan fingerprint density at radius 2 is 2.55 bits per heavy atom. The van der Waals surface area contributed by atoms with Crippen LogP contribution in [0.5, 0.6) is 0 Å². The van der Waals surface area contributed by atoms with Crippen molar-refractivity contribution in [3.8, 4) is 0 Å². The van der Waals surface area contributed by atoms with Gasteiger partial charge in [-0.05, 0) is 24.5 Å². The van der Waals surface area contributed by atoms with Crippen LogP contribution in [0.2, 0.25) is 0 Å². The lowest BCUT2D eigenvalue weighted by molar-refractivity contribution is -0.116. The third-order valence-corrected chi connectivity index (χ3v) is 1.78. The SMILES string of the molecule is C=CCC1=C[C@@H](O)CCC1=O. The first kappa shape index (κ1) is 8.21. The highest BCUT2D eigenvalue weighted by molar-refractivity contribution is 5.96. The molecule has 11 heavy (non-hydrogen) atoms. The minimum atomic E-state index is -0.428. The average molecular weight is 152 g/mol. The molecule has 0 radical (unpaired) electrons. The van der Waals surface area contributed by atoms with Gasteiger partial charge in [0.25, 0.3) is 0 Å². The number of hydrogen-bond donors (Lipinski definition) is 1. The van der Waals surface area contributed by atoms with Gasteiger partial charge in [-0.15, -0.1) is 6.58 Å². The van der Waals surface area contributed by atoms with Gasteiger partial charge in [0.15, 0.2) is 5.78 Å². The predicted octanol–water partition coefficient (Wildman–Crippen LogP) is 1.21. The summed E-state index contributed by atoms with van der Waals surface area (Å²) >= 11 is 0. The van der Waals surface area contributed by atoms with Gasteiger partial charge in [-0.25, -0.2) is 0 Å². The lowest BCUT2D eigenvalue weighted by Crippen LogP contribution is -2.16. The highest BCUT2D eigenvalue weighted by atomic mass is 16.3. The first-order valence-electron chi connectivity index (χ1n) is 3.77. The molecule has 1 aliphatic rings. The molecule has 1 aliphatic carbocycles. The van der Waals surface area contributed by atoms with Crippen molar-refractivity contribution in [2.24, 2.45) is 0 Å². The van der Waals surface area contributed by atoms with Crippen LogP contribution in [0.15, 0.2) is 24.3 Å². The predicted molar refractivity (Wildman–Crippen MR) is 43.1 cm³/mol. The van der Waals surface area contributed by atoms with Gasteiger partial charge in [0, 0.05) is 6.42 Å². The van der Waals surface area contributed by atoms with Crippen LogP contribution >= 0.6 is 0 Å². The standard InChI is InChI=1S/C9H12O2/c1-2-3-7-6-8(10)4-5-9(7)11/h2,6,8,10H,1,3-5H2/t8-/m0/s1. The van der Waals surface area contributed by atoms with Crippen molar-refractivity contribution in [2.75, 3.05) is 0 Å². The lowest BCUT2D eigenvalue weighted by Gasteiger charge is -2.14. The third-order valence-electron chi connectivity index (χ3n) is 1.78. The number of Topliss-reactive ketones (excluding diaryl/α,β-unsaturated/α-hetero) is 1. The number of rotatable bonds is 2. The zero-order valence-corrected chi connectivity index (χ0v) is 6.42. The second-order valence-corrected chi connectivity index (χ2v) is 2.71. The van der Waals surface area contributed by atoms with E-state index < -0.39 is 6.10 Å². The molecule has 0 amide bonds. The van der Waals surface area contributed by atoms with E-state index in [0.29, 0.717) is 24.8 Å². The van der Waals surface area contributed by atoms with Gasteiger partial charge in [-0.1, -0.05) is 6.08 Å². The monoisotopic (exact) mass is 152 g/mol. The van der Waals surface area contributed by atoms with Gasteiger partial charge in [0.05, 0.1) is 6.10 Å². The highest BCUT2D eigenvalue weighted by Crippen LogP contribution is 2.17.